The molecule has 0 atom stereocenters. The molecular weight excluding hydrogens is 201 g/mol. The summed E-state index contributed by atoms with van der Waals surface area (Å²) in [6, 6.07) is 6.82. The number of rotatable bonds is 8. The number of hydrogen-bond acceptors (Lipinski definition) is 1. The molecule has 0 aliphatic heterocycles. The first-order valence-corrected chi connectivity index (χ1v) is 6.28. The first-order chi connectivity index (χ1) is 7.83. The summed E-state index contributed by atoms with van der Waals surface area (Å²) in [6.07, 6.45) is 5.93. The van der Waals surface area contributed by atoms with Crippen LogP contribution in [0, 0.1) is 5.82 Å². The number of nitrogens with one attached hydrogen (secondary N) is 1. The minimum absolute atomic E-state index is 0.148. The summed E-state index contributed by atoms with van der Waals surface area (Å²) in [4.78, 5) is 0. The number of aryl methyl sites for hydroxylation is 1. The van der Waals surface area contributed by atoms with Crippen LogP contribution in [0.2, 0.25) is 0 Å². The van der Waals surface area contributed by atoms with E-state index in [1.165, 1.54) is 43.4 Å². The van der Waals surface area contributed by atoms with Crippen LogP contribution in [0.4, 0.5) is 4.39 Å². The molecule has 1 N–H and O–H groups in total. The van der Waals surface area contributed by atoms with Crippen molar-refractivity contribution in [1.29, 1.82) is 0 Å². The maximum absolute atomic E-state index is 12.6. The van der Waals surface area contributed by atoms with Crippen molar-refractivity contribution in [1.82, 2.24) is 5.32 Å². The molecule has 90 valence electrons. The number of hydrogen-bond donors (Lipinski definition) is 1. The van der Waals surface area contributed by atoms with Crippen LogP contribution in [0.3, 0.4) is 0 Å². The van der Waals surface area contributed by atoms with Gasteiger partial charge in [-0.25, -0.2) is 4.39 Å². The molecule has 0 fully saturated rings. The molecule has 2 heteroatoms. The number of benzene rings is 1. The van der Waals surface area contributed by atoms with Crippen LogP contribution < -0.4 is 5.32 Å². The van der Waals surface area contributed by atoms with E-state index >= 15 is 0 Å². The lowest BCUT2D eigenvalue weighted by molar-refractivity contribution is 0.598. The maximum atomic E-state index is 12.6. The Morgan fingerprint density at radius 2 is 1.69 bits per heavy atom. The Bertz CT molecular complexity index is 269. The van der Waals surface area contributed by atoms with E-state index in [1.54, 1.807) is 0 Å². The van der Waals surface area contributed by atoms with Gasteiger partial charge in [-0.1, -0.05) is 25.5 Å². The van der Waals surface area contributed by atoms with Crippen molar-refractivity contribution in [2.24, 2.45) is 0 Å². The van der Waals surface area contributed by atoms with Crippen LogP contribution in [0.5, 0.6) is 0 Å². The van der Waals surface area contributed by atoms with E-state index in [4.69, 9.17) is 0 Å². The van der Waals surface area contributed by atoms with Gasteiger partial charge >= 0.3 is 0 Å². The number of halogens is 1. The summed E-state index contributed by atoms with van der Waals surface area (Å²) in [7, 11) is 0. The number of unbranched alkanes of at least 4 members (excludes halogenated alkanes) is 2. The van der Waals surface area contributed by atoms with E-state index in [1.807, 2.05) is 12.1 Å². The Morgan fingerprint density at radius 1 is 1.00 bits per heavy atom. The highest BCUT2D eigenvalue weighted by Crippen LogP contribution is 2.06. The van der Waals surface area contributed by atoms with Gasteiger partial charge in [0, 0.05) is 0 Å². The molecule has 0 radical (unpaired) electrons. The van der Waals surface area contributed by atoms with E-state index in [0.717, 1.165) is 19.5 Å². The second-order valence-electron chi connectivity index (χ2n) is 4.19. The maximum Gasteiger partial charge on any atom is 0.123 e. The minimum Gasteiger partial charge on any atom is -0.317 e. The monoisotopic (exact) mass is 223 g/mol. The van der Waals surface area contributed by atoms with Crippen molar-refractivity contribution in [2.75, 3.05) is 13.1 Å². The average Bonchev–Trinajstić information content (AvgIpc) is 2.30. The lowest BCUT2D eigenvalue weighted by Crippen LogP contribution is -2.16. The third kappa shape index (κ3) is 5.86. The highest BCUT2D eigenvalue weighted by atomic mass is 19.1. The van der Waals surface area contributed by atoms with Crippen LogP contribution in [0.25, 0.3) is 0 Å². The zero-order valence-electron chi connectivity index (χ0n) is 10.1. The molecule has 0 heterocycles. The van der Waals surface area contributed by atoms with Crippen LogP contribution in [0.15, 0.2) is 24.3 Å². The van der Waals surface area contributed by atoms with Crippen LogP contribution in [-0.4, -0.2) is 13.1 Å². The first-order valence-electron chi connectivity index (χ1n) is 6.28. The predicted molar refractivity (Wildman–Crippen MR) is 67.1 cm³/mol. The fourth-order valence-corrected chi connectivity index (χ4v) is 1.66. The average molecular weight is 223 g/mol. The Balaban J connectivity index is 2.01. The van der Waals surface area contributed by atoms with Gasteiger partial charge in [-0.05, 0) is 56.5 Å². The predicted octanol–water partition coefficient (Wildman–Crippen LogP) is 3.54. The van der Waals surface area contributed by atoms with Gasteiger partial charge < -0.3 is 5.32 Å². The molecule has 0 aliphatic carbocycles. The molecule has 0 bridgehead atoms. The van der Waals surface area contributed by atoms with E-state index in [-0.39, 0.29) is 5.82 Å². The molecule has 0 saturated heterocycles. The van der Waals surface area contributed by atoms with Gasteiger partial charge in [0.1, 0.15) is 5.82 Å². The largest absolute Gasteiger partial charge is 0.317 e. The molecule has 1 aromatic carbocycles. The molecular formula is C14H22FN. The van der Waals surface area contributed by atoms with Crippen LogP contribution in [0.1, 0.15) is 38.2 Å². The third-order valence-electron chi connectivity index (χ3n) is 2.69. The Kier molecular flexibility index (Phi) is 6.82. The zero-order valence-corrected chi connectivity index (χ0v) is 10.1. The molecule has 1 rings (SSSR count). The fraction of sp³-hybridized carbons (Fsp3) is 0.571. The van der Waals surface area contributed by atoms with Gasteiger partial charge in [0.05, 0.1) is 0 Å². The first kappa shape index (κ1) is 13.2. The minimum atomic E-state index is -0.148. The van der Waals surface area contributed by atoms with E-state index < -0.39 is 0 Å². The molecule has 0 aliphatic rings. The van der Waals surface area contributed by atoms with Crippen LogP contribution in [-0.2, 0) is 6.42 Å². The summed E-state index contributed by atoms with van der Waals surface area (Å²) in [5.41, 5.74) is 1.23. The quantitative estimate of drug-likeness (QED) is 0.665. The normalized spacial score (nSPS) is 10.6. The van der Waals surface area contributed by atoms with Gasteiger partial charge in [0.2, 0.25) is 0 Å². The lowest BCUT2D eigenvalue weighted by atomic mass is 10.1. The van der Waals surface area contributed by atoms with Crippen molar-refractivity contribution in [3.63, 3.8) is 0 Å². The smallest absolute Gasteiger partial charge is 0.123 e. The van der Waals surface area contributed by atoms with Gasteiger partial charge in [-0.3, -0.25) is 0 Å². The van der Waals surface area contributed by atoms with Crippen molar-refractivity contribution < 1.29 is 4.39 Å². The molecule has 1 aromatic rings. The van der Waals surface area contributed by atoms with Crippen molar-refractivity contribution in [3.05, 3.63) is 35.6 Å². The van der Waals surface area contributed by atoms with Gasteiger partial charge in [0.25, 0.3) is 0 Å². The topological polar surface area (TPSA) is 12.0 Å². The second-order valence-corrected chi connectivity index (χ2v) is 4.19. The second kappa shape index (κ2) is 8.28. The molecule has 0 spiro atoms. The van der Waals surface area contributed by atoms with Gasteiger partial charge in [-0.2, -0.15) is 0 Å². The molecule has 0 saturated carbocycles. The summed E-state index contributed by atoms with van der Waals surface area (Å²) in [5.74, 6) is -0.148. The Morgan fingerprint density at radius 3 is 2.38 bits per heavy atom. The summed E-state index contributed by atoms with van der Waals surface area (Å²) >= 11 is 0. The van der Waals surface area contributed by atoms with Gasteiger partial charge in [-0.15, -0.1) is 0 Å². The zero-order chi connectivity index (χ0) is 11.6. The third-order valence-corrected chi connectivity index (χ3v) is 2.69. The van der Waals surface area contributed by atoms with Gasteiger partial charge in [0.15, 0.2) is 0 Å². The summed E-state index contributed by atoms with van der Waals surface area (Å²) < 4.78 is 12.6. The standard InChI is InChI=1S/C14H22FN/c1-2-3-11-16-12-5-4-6-13-7-9-14(15)10-8-13/h7-10,16H,2-6,11-12H2,1H3. The molecule has 1 nitrogen and oxygen atoms in total. The van der Waals surface area contributed by atoms with E-state index in [9.17, 15) is 4.39 Å². The molecule has 0 aromatic heterocycles. The SMILES string of the molecule is CCCCNCCCCc1ccc(F)cc1. The Hall–Kier alpha value is -0.890. The van der Waals surface area contributed by atoms with E-state index in [0.29, 0.717) is 0 Å². The van der Waals surface area contributed by atoms with Crippen LogP contribution >= 0.6 is 0 Å². The molecule has 0 unspecified atom stereocenters. The molecule has 16 heavy (non-hydrogen) atoms. The van der Waals surface area contributed by atoms with Crippen molar-refractivity contribution in [2.45, 2.75) is 39.0 Å². The Labute approximate surface area is 98.1 Å². The van der Waals surface area contributed by atoms with Crippen molar-refractivity contribution in [3.8, 4) is 0 Å². The summed E-state index contributed by atoms with van der Waals surface area (Å²) in [5, 5.41) is 3.42. The summed E-state index contributed by atoms with van der Waals surface area (Å²) in [6.45, 7) is 4.43. The highest BCUT2D eigenvalue weighted by molar-refractivity contribution is 5.15. The molecule has 0 amide bonds. The van der Waals surface area contributed by atoms with Crippen molar-refractivity contribution >= 4 is 0 Å². The highest BCUT2D eigenvalue weighted by Gasteiger charge is 1.94. The van der Waals surface area contributed by atoms with E-state index in [2.05, 4.69) is 12.2 Å². The fourth-order valence-electron chi connectivity index (χ4n) is 1.66. The lowest BCUT2D eigenvalue weighted by Gasteiger charge is -2.04.